The molecule has 1 amide bonds. The van der Waals surface area contributed by atoms with Gasteiger partial charge in [-0.3, -0.25) is 9.69 Å². The molecule has 0 N–H and O–H groups in total. The van der Waals surface area contributed by atoms with Crippen LogP contribution in [0.3, 0.4) is 0 Å². The highest BCUT2D eigenvalue weighted by Crippen LogP contribution is 2.31. The molecule has 0 saturated carbocycles. The standard InChI is InChI=1S/C21H24FN3OS.ClH/c1-14-9-10-16(13-15(14)2)20(26)25(12-6-11-24(3)4)21-23-19-17(22)7-5-8-18(19)27-21;/h5,7-10,13H,6,11-12H2,1-4H3;1H. The van der Waals surface area contributed by atoms with Crippen molar-refractivity contribution in [2.75, 3.05) is 32.1 Å². The summed E-state index contributed by atoms with van der Waals surface area (Å²) < 4.78 is 14.8. The summed E-state index contributed by atoms with van der Waals surface area (Å²) in [5.74, 6) is -0.460. The first kappa shape index (κ1) is 22.3. The molecular weight excluding hydrogens is 397 g/mol. The number of aromatic nitrogens is 1. The fraction of sp³-hybridized carbons (Fsp3) is 0.333. The molecule has 2 aromatic carbocycles. The van der Waals surface area contributed by atoms with Gasteiger partial charge < -0.3 is 4.90 Å². The Morgan fingerprint density at radius 1 is 1.11 bits per heavy atom. The summed E-state index contributed by atoms with van der Waals surface area (Å²) in [5.41, 5.74) is 3.17. The van der Waals surface area contributed by atoms with E-state index >= 15 is 0 Å². The Bertz CT molecular complexity index is 973. The number of thiazole rings is 1. The largest absolute Gasteiger partial charge is 0.309 e. The van der Waals surface area contributed by atoms with Crippen LogP contribution in [-0.4, -0.2) is 43.0 Å². The fourth-order valence-corrected chi connectivity index (χ4v) is 3.88. The van der Waals surface area contributed by atoms with Gasteiger partial charge in [0.25, 0.3) is 5.91 Å². The SMILES string of the molecule is Cc1ccc(C(=O)N(CCCN(C)C)c2nc3c(F)cccc3s2)cc1C.Cl. The third-order valence-electron chi connectivity index (χ3n) is 4.58. The molecule has 0 aliphatic rings. The summed E-state index contributed by atoms with van der Waals surface area (Å²) in [5, 5.41) is 0.539. The van der Waals surface area contributed by atoms with E-state index in [2.05, 4.69) is 9.88 Å². The first-order valence-electron chi connectivity index (χ1n) is 8.95. The summed E-state index contributed by atoms with van der Waals surface area (Å²) in [4.78, 5) is 21.4. The summed E-state index contributed by atoms with van der Waals surface area (Å²) in [6.07, 6.45) is 0.808. The van der Waals surface area contributed by atoms with E-state index in [0.29, 0.717) is 22.8 Å². The third-order valence-corrected chi connectivity index (χ3v) is 5.62. The molecule has 28 heavy (non-hydrogen) atoms. The second kappa shape index (κ2) is 9.45. The van der Waals surface area contributed by atoms with E-state index in [1.165, 1.54) is 17.4 Å². The van der Waals surface area contributed by atoms with Gasteiger partial charge in [0, 0.05) is 12.1 Å². The smallest absolute Gasteiger partial charge is 0.260 e. The lowest BCUT2D eigenvalue weighted by Crippen LogP contribution is -2.33. The number of carbonyl (C=O) groups excluding carboxylic acids is 1. The van der Waals surface area contributed by atoms with Crippen molar-refractivity contribution in [1.82, 2.24) is 9.88 Å². The van der Waals surface area contributed by atoms with Crippen LogP contribution in [0.15, 0.2) is 36.4 Å². The van der Waals surface area contributed by atoms with E-state index < -0.39 is 0 Å². The minimum Gasteiger partial charge on any atom is -0.309 e. The number of para-hydroxylation sites is 1. The Morgan fingerprint density at radius 2 is 1.86 bits per heavy atom. The zero-order valence-electron chi connectivity index (χ0n) is 16.5. The van der Waals surface area contributed by atoms with Crippen molar-refractivity contribution in [3.63, 3.8) is 0 Å². The zero-order valence-corrected chi connectivity index (χ0v) is 18.2. The van der Waals surface area contributed by atoms with Crippen molar-refractivity contribution in [3.05, 3.63) is 58.9 Å². The maximum absolute atomic E-state index is 14.1. The monoisotopic (exact) mass is 421 g/mol. The van der Waals surface area contributed by atoms with Gasteiger partial charge in [0.1, 0.15) is 11.3 Å². The molecule has 0 spiro atoms. The Balaban J connectivity index is 0.00000280. The lowest BCUT2D eigenvalue weighted by atomic mass is 10.1. The molecule has 1 aromatic heterocycles. The van der Waals surface area contributed by atoms with E-state index in [0.717, 1.165) is 28.8 Å². The van der Waals surface area contributed by atoms with Crippen LogP contribution < -0.4 is 4.90 Å². The summed E-state index contributed by atoms with van der Waals surface area (Å²) in [6, 6.07) is 10.6. The van der Waals surface area contributed by atoms with Gasteiger partial charge in [0.2, 0.25) is 0 Å². The van der Waals surface area contributed by atoms with Gasteiger partial charge in [-0.25, -0.2) is 9.37 Å². The molecule has 3 aromatic rings. The quantitative estimate of drug-likeness (QED) is 0.557. The van der Waals surface area contributed by atoms with E-state index in [9.17, 15) is 9.18 Å². The van der Waals surface area contributed by atoms with E-state index in [1.54, 1.807) is 11.0 Å². The molecule has 7 heteroatoms. The van der Waals surface area contributed by atoms with Crippen molar-refractivity contribution in [2.24, 2.45) is 0 Å². The number of benzene rings is 2. The van der Waals surface area contributed by atoms with Crippen LogP contribution in [0.1, 0.15) is 27.9 Å². The number of carbonyl (C=O) groups is 1. The average molecular weight is 422 g/mol. The average Bonchev–Trinajstić information content (AvgIpc) is 3.05. The van der Waals surface area contributed by atoms with Gasteiger partial charge in [-0.05, 0) is 76.3 Å². The maximum Gasteiger partial charge on any atom is 0.260 e. The molecule has 4 nitrogen and oxygen atoms in total. The van der Waals surface area contributed by atoms with Crippen molar-refractivity contribution in [2.45, 2.75) is 20.3 Å². The highest BCUT2D eigenvalue weighted by molar-refractivity contribution is 7.22. The van der Waals surface area contributed by atoms with Crippen molar-refractivity contribution in [1.29, 1.82) is 0 Å². The Hall–Kier alpha value is -2.02. The Labute approximate surface area is 175 Å². The Kier molecular flexibility index (Phi) is 7.52. The molecule has 0 saturated heterocycles. The van der Waals surface area contributed by atoms with E-state index in [4.69, 9.17) is 0 Å². The summed E-state index contributed by atoms with van der Waals surface area (Å²) in [6.45, 7) is 5.41. The predicted molar refractivity (Wildman–Crippen MR) is 118 cm³/mol. The molecule has 0 aliphatic heterocycles. The fourth-order valence-electron chi connectivity index (χ4n) is 2.88. The predicted octanol–water partition coefficient (Wildman–Crippen LogP) is 5.07. The number of anilines is 1. The molecule has 0 unspecified atom stereocenters. The van der Waals surface area contributed by atoms with Crippen LogP contribution in [0.5, 0.6) is 0 Å². The van der Waals surface area contributed by atoms with Crippen LogP contribution in [0.2, 0.25) is 0 Å². The van der Waals surface area contributed by atoms with Crippen LogP contribution in [0, 0.1) is 19.7 Å². The van der Waals surface area contributed by atoms with Crippen LogP contribution >= 0.6 is 23.7 Å². The van der Waals surface area contributed by atoms with Crippen LogP contribution in [0.25, 0.3) is 10.2 Å². The lowest BCUT2D eigenvalue weighted by Gasteiger charge is -2.21. The first-order valence-corrected chi connectivity index (χ1v) is 9.77. The molecule has 0 atom stereocenters. The second-order valence-electron chi connectivity index (χ2n) is 7.00. The van der Waals surface area contributed by atoms with E-state index in [-0.39, 0.29) is 24.1 Å². The van der Waals surface area contributed by atoms with Crippen molar-refractivity contribution in [3.8, 4) is 0 Å². The highest BCUT2D eigenvalue weighted by atomic mass is 35.5. The first-order chi connectivity index (χ1) is 12.9. The van der Waals surface area contributed by atoms with Gasteiger partial charge in [0.15, 0.2) is 5.13 Å². The molecule has 0 bridgehead atoms. The number of nitrogens with zero attached hydrogens (tertiary/aromatic N) is 3. The highest BCUT2D eigenvalue weighted by Gasteiger charge is 2.22. The number of fused-ring (bicyclic) bond motifs is 1. The molecule has 1 heterocycles. The molecular formula is C21H25ClFN3OS. The Morgan fingerprint density at radius 3 is 2.50 bits per heavy atom. The van der Waals surface area contributed by atoms with Gasteiger partial charge in [-0.2, -0.15) is 0 Å². The molecule has 3 rings (SSSR count). The van der Waals surface area contributed by atoms with Crippen LogP contribution in [0.4, 0.5) is 9.52 Å². The normalized spacial score (nSPS) is 10.9. The zero-order chi connectivity index (χ0) is 19.6. The number of hydrogen-bond acceptors (Lipinski definition) is 4. The minimum absolute atomic E-state index is 0. The molecule has 150 valence electrons. The summed E-state index contributed by atoms with van der Waals surface area (Å²) in [7, 11) is 4.01. The van der Waals surface area contributed by atoms with Gasteiger partial charge >= 0.3 is 0 Å². The second-order valence-corrected chi connectivity index (χ2v) is 8.00. The van der Waals surface area contributed by atoms with Crippen LogP contribution in [-0.2, 0) is 0 Å². The van der Waals surface area contributed by atoms with Gasteiger partial charge in [-0.1, -0.05) is 23.5 Å². The third kappa shape index (κ3) is 4.87. The molecule has 0 fully saturated rings. The number of amides is 1. The van der Waals surface area contributed by atoms with Gasteiger partial charge in [-0.15, -0.1) is 12.4 Å². The van der Waals surface area contributed by atoms with Crippen molar-refractivity contribution < 1.29 is 9.18 Å². The minimum atomic E-state index is -0.359. The maximum atomic E-state index is 14.1. The summed E-state index contributed by atoms with van der Waals surface area (Å²) >= 11 is 1.35. The van der Waals surface area contributed by atoms with E-state index in [1.807, 2.05) is 52.2 Å². The number of hydrogen-bond donors (Lipinski definition) is 0. The number of aryl methyl sites for hydroxylation is 2. The lowest BCUT2D eigenvalue weighted by molar-refractivity contribution is 0.0986. The molecule has 0 aliphatic carbocycles. The van der Waals surface area contributed by atoms with Gasteiger partial charge in [0.05, 0.1) is 4.70 Å². The topological polar surface area (TPSA) is 36.4 Å². The van der Waals surface area contributed by atoms with Crippen molar-refractivity contribution >= 4 is 45.0 Å². The number of rotatable bonds is 6. The molecule has 0 radical (unpaired) electrons. The number of halogens is 2.